The Kier molecular flexibility index (Phi) is 12.7. The van der Waals surface area contributed by atoms with Gasteiger partial charge in [-0.25, -0.2) is 9.59 Å². The van der Waals surface area contributed by atoms with E-state index in [9.17, 15) is 19.2 Å². The molecule has 0 bridgehead atoms. The van der Waals surface area contributed by atoms with Crippen molar-refractivity contribution in [3.63, 3.8) is 0 Å². The van der Waals surface area contributed by atoms with Crippen molar-refractivity contribution in [2.24, 2.45) is 0 Å². The summed E-state index contributed by atoms with van der Waals surface area (Å²) in [5.41, 5.74) is 4.17. The molecule has 0 saturated carbocycles. The molecule has 0 aromatic heterocycles. The number of anilines is 2. The molecule has 4 aromatic carbocycles. The summed E-state index contributed by atoms with van der Waals surface area (Å²) < 4.78 is 9.95. The number of para-hydroxylation sites is 2. The van der Waals surface area contributed by atoms with Crippen LogP contribution in [0.5, 0.6) is 0 Å². The van der Waals surface area contributed by atoms with Crippen LogP contribution in [0.2, 0.25) is 0 Å². The topological polar surface area (TPSA) is 102 Å². The molecule has 45 heavy (non-hydrogen) atoms. The number of carbonyl (C=O) groups is 4. The maximum Gasteiger partial charge on any atom is 0.414 e. The lowest BCUT2D eigenvalue weighted by Gasteiger charge is -2.21. The zero-order valence-corrected chi connectivity index (χ0v) is 25.6. The Labute approximate surface area is 267 Å². The van der Waals surface area contributed by atoms with Gasteiger partial charge in [-0.1, -0.05) is 84.9 Å². The number of amides is 1. The Balaban J connectivity index is 0.000000169. The lowest BCUT2D eigenvalue weighted by atomic mass is 10.1. The van der Waals surface area contributed by atoms with Crippen LogP contribution in [0, 0.1) is 0 Å². The van der Waals surface area contributed by atoms with Gasteiger partial charge in [0.2, 0.25) is 0 Å². The predicted molar refractivity (Wildman–Crippen MR) is 175 cm³/mol. The van der Waals surface area contributed by atoms with Crippen molar-refractivity contribution in [2.75, 3.05) is 23.3 Å². The third kappa shape index (κ3) is 10.3. The average Bonchev–Trinajstić information content (AvgIpc) is 3.37. The van der Waals surface area contributed by atoms with E-state index >= 15 is 0 Å². The summed E-state index contributed by atoms with van der Waals surface area (Å²) in [6.07, 6.45) is 2.30. The second-order valence-corrected chi connectivity index (χ2v) is 10.6. The van der Waals surface area contributed by atoms with Crippen molar-refractivity contribution >= 4 is 46.1 Å². The first kappa shape index (κ1) is 33.0. The second-order valence-electron chi connectivity index (χ2n) is 10.2. The van der Waals surface area contributed by atoms with E-state index in [2.05, 4.69) is 10.1 Å². The van der Waals surface area contributed by atoms with Crippen LogP contribution in [0.25, 0.3) is 0 Å². The molecule has 0 fully saturated rings. The minimum absolute atomic E-state index is 0.0777. The summed E-state index contributed by atoms with van der Waals surface area (Å²) in [7, 11) is 0. The number of nitrogens with one attached hydrogen (secondary N) is 1. The number of halogens is 1. The van der Waals surface area contributed by atoms with E-state index in [1.54, 1.807) is 17.0 Å². The van der Waals surface area contributed by atoms with Crippen LogP contribution >= 0.6 is 11.6 Å². The fourth-order valence-electron chi connectivity index (χ4n) is 4.79. The molecule has 9 heteroatoms. The van der Waals surface area contributed by atoms with Crippen LogP contribution in [0.3, 0.4) is 0 Å². The SMILES string of the molecule is O=C(Cl)OCc1ccccc1.O=C1CCCN(C(=O)OCc2ccccc2)c2ccccc21.O=C1CCCNc2ccccc21. The molecule has 0 aliphatic carbocycles. The Morgan fingerprint density at radius 3 is 1.87 bits per heavy atom. The molecule has 2 aliphatic heterocycles. The van der Waals surface area contributed by atoms with E-state index in [1.165, 1.54) is 0 Å². The number of hydrogen-bond donors (Lipinski definition) is 1. The van der Waals surface area contributed by atoms with Crippen LogP contribution in [-0.4, -0.2) is 36.2 Å². The molecular weight excluding hydrogens is 592 g/mol. The van der Waals surface area contributed by atoms with E-state index < -0.39 is 11.5 Å². The minimum Gasteiger partial charge on any atom is -0.449 e. The fraction of sp³-hybridized carbons (Fsp3) is 0.222. The molecule has 4 aromatic rings. The van der Waals surface area contributed by atoms with Crippen molar-refractivity contribution in [2.45, 2.75) is 38.9 Å². The highest BCUT2D eigenvalue weighted by molar-refractivity contribution is 6.61. The van der Waals surface area contributed by atoms with Crippen LogP contribution in [0.1, 0.15) is 57.5 Å². The second kappa shape index (κ2) is 17.4. The molecule has 2 heterocycles. The highest BCUT2D eigenvalue weighted by Gasteiger charge is 2.25. The van der Waals surface area contributed by atoms with Gasteiger partial charge in [-0.15, -0.1) is 0 Å². The molecule has 0 saturated heterocycles. The molecule has 2 aliphatic rings. The molecule has 0 atom stereocenters. The van der Waals surface area contributed by atoms with Gasteiger partial charge >= 0.3 is 11.5 Å². The number of carbonyl (C=O) groups excluding carboxylic acids is 4. The summed E-state index contributed by atoms with van der Waals surface area (Å²) in [5, 5.41) is 3.23. The molecule has 0 spiro atoms. The molecule has 1 amide bonds. The van der Waals surface area contributed by atoms with E-state index in [1.807, 2.05) is 97.1 Å². The van der Waals surface area contributed by atoms with Crippen LogP contribution in [0.15, 0.2) is 109 Å². The van der Waals surface area contributed by atoms with Gasteiger partial charge in [-0.3, -0.25) is 14.5 Å². The number of benzene rings is 4. The summed E-state index contributed by atoms with van der Waals surface area (Å²) in [5.74, 6) is 0.338. The maximum absolute atomic E-state index is 12.4. The Morgan fingerprint density at radius 1 is 0.667 bits per heavy atom. The number of fused-ring (bicyclic) bond motifs is 2. The summed E-state index contributed by atoms with van der Waals surface area (Å²) >= 11 is 4.97. The summed E-state index contributed by atoms with van der Waals surface area (Å²) in [4.78, 5) is 47.6. The first-order valence-electron chi connectivity index (χ1n) is 14.7. The third-order valence-corrected chi connectivity index (χ3v) is 7.13. The number of hydrogen-bond acceptors (Lipinski definition) is 7. The number of ketones is 2. The minimum atomic E-state index is -0.770. The number of ether oxygens (including phenoxy) is 2. The van der Waals surface area contributed by atoms with Crippen molar-refractivity contribution in [3.8, 4) is 0 Å². The fourth-order valence-corrected chi connectivity index (χ4v) is 4.84. The number of rotatable bonds is 4. The van der Waals surface area contributed by atoms with Gasteiger partial charge in [0, 0.05) is 54.3 Å². The van der Waals surface area contributed by atoms with Crippen molar-refractivity contribution in [1.82, 2.24) is 0 Å². The van der Waals surface area contributed by atoms with Crippen molar-refractivity contribution in [1.29, 1.82) is 0 Å². The Hall–Kier alpha value is -4.95. The maximum atomic E-state index is 12.4. The van der Waals surface area contributed by atoms with Gasteiger partial charge in [0.25, 0.3) is 0 Å². The Bertz CT molecular complexity index is 1580. The first-order valence-corrected chi connectivity index (χ1v) is 15.1. The van der Waals surface area contributed by atoms with Crippen molar-refractivity contribution in [3.05, 3.63) is 131 Å². The smallest absolute Gasteiger partial charge is 0.414 e. The molecular formula is C36H35ClN2O6. The molecule has 6 rings (SSSR count). The lowest BCUT2D eigenvalue weighted by molar-refractivity contribution is 0.0975. The highest BCUT2D eigenvalue weighted by atomic mass is 35.5. The molecule has 232 valence electrons. The van der Waals surface area contributed by atoms with Crippen LogP contribution in [0.4, 0.5) is 21.0 Å². The molecule has 0 unspecified atom stereocenters. The first-order chi connectivity index (χ1) is 21.9. The van der Waals surface area contributed by atoms with Gasteiger partial charge in [0.05, 0.1) is 5.69 Å². The largest absolute Gasteiger partial charge is 0.449 e. The quantitative estimate of drug-likeness (QED) is 0.227. The Morgan fingerprint density at radius 2 is 1.20 bits per heavy atom. The van der Waals surface area contributed by atoms with Gasteiger partial charge in [0.15, 0.2) is 11.6 Å². The summed E-state index contributed by atoms with van der Waals surface area (Å²) in [6, 6.07) is 33.8. The van der Waals surface area contributed by atoms with Crippen LogP contribution < -0.4 is 10.2 Å². The lowest BCUT2D eigenvalue weighted by Crippen LogP contribution is -2.32. The monoisotopic (exact) mass is 626 g/mol. The normalized spacial score (nSPS) is 13.5. The third-order valence-electron chi connectivity index (χ3n) is 7.03. The average molecular weight is 627 g/mol. The van der Waals surface area contributed by atoms with Gasteiger partial charge in [-0.2, -0.15) is 0 Å². The molecule has 0 radical (unpaired) electrons. The van der Waals surface area contributed by atoms with Crippen molar-refractivity contribution < 1.29 is 28.7 Å². The van der Waals surface area contributed by atoms with Crippen LogP contribution in [-0.2, 0) is 22.7 Å². The highest BCUT2D eigenvalue weighted by Crippen LogP contribution is 2.27. The zero-order valence-electron chi connectivity index (χ0n) is 24.8. The standard InChI is InChI=1S/C18H17NO3.C10H11NO.C8H7ClO2/c20-17-11-6-12-19(16-10-5-4-9-15(16)17)18(21)22-13-14-7-2-1-3-8-14;12-10-6-3-7-11-9-5-2-1-4-8(9)10;9-8(10)11-6-7-4-2-1-3-5-7/h1-5,7-10H,6,11-13H2;1-2,4-5,11H,3,6-7H2;1-5H,6H2. The van der Waals surface area contributed by atoms with E-state index in [0.29, 0.717) is 37.1 Å². The summed E-state index contributed by atoms with van der Waals surface area (Å²) in [6.45, 7) is 1.87. The van der Waals surface area contributed by atoms with Gasteiger partial charge < -0.3 is 14.8 Å². The van der Waals surface area contributed by atoms with Gasteiger partial charge in [-0.05, 0) is 48.2 Å². The molecule has 1 N–H and O–H groups in total. The number of Topliss-reactive ketones (excluding diaryl/α,β-unsaturated/α-hetero) is 2. The van der Waals surface area contributed by atoms with Gasteiger partial charge in [0.1, 0.15) is 13.2 Å². The zero-order chi connectivity index (χ0) is 31.9. The van der Waals surface area contributed by atoms with E-state index in [4.69, 9.17) is 16.3 Å². The predicted octanol–water partition coefficient (Wildman–Crippen LogP) is 8.44. The molecule has 8 nitrogen and oxygen atoms in total. The number of nitrogens with zero attached hydrogens (tertiary/aromatic N) is 1. The van der Waals surface area contributed by atoms with E-state index in [-0.39, 0.29) is 24.8 Å². The van der Waals surface area contributed by atoms with E-state index in [0.717, 1.165) is 35.3 Å².